The van der Waals surface area contributed by atoms with Crippen molar-refractivity contribution in [3.63, 3.8) is 0 Å². The monoisotopic (exact) mass is 280 g/mol. The van der Waals surface area contributed by atoms with Crippen molar-refractivity contribution < 1.29 is 4.52 Å². The van der Waals surface area contributed by atoms with Crippen LogP contribution in [0.2, 0.25) is 0 Å². The van der Waals surface area contributed by atoms with Crippen LogP contribution < -0.4 is 0 Å². The van der Waals surface area contributed by atoms with E-state index >= 15 is 0 Å². The van der Waals surface area contributed by atoms with Crippen LogP contribution in [0.1, 0.15) is 0 Å². The van der Waals surface area contributed by atoms with Crippen molar-refractivity contribution in [2.75, 3.05) is 0 Å². The first-order chi connectivity index (χ1) is 9.90. The van der Waals surface area contributed by atoms with Crippen LogP contribution >= 0.6 is 11.3 Å². The fourth-order valence-electron chi connectivity index (χ4n) is 1.89. The molecule has 0 saturated carbocycles. The minimum Gasteiger partial charge on any atom is -0.331 e. The van der Waals surface area contributed by atoms with Crippen molar-refractivity contribution >= 4 is 21.6 Å². The Balaban J connectivity index is 1.78. The zero-order chi connectivity index (χ0) is 13.4. The van der Waals surface area contributed by atoms with Gasteiger partial charge in [-0.3, -0.25) is 4.98 Å². The van der Waals surface area contributed by atoms with Gasteiger partial charge in [-0.1, -0.05) is 17.3 Å². The van der Waals surface area contributed by atoms with E-state index in [0.29, 0.717) is 11.7 Å². The van der Waals surface area contributed by atoms with Gasteiger partial charge in [0.15, 0.2) is 5.01 Å². The van der Waals surface area contributed by atoms with Gasteiger partial charge in [-0.15, -0.1) is 11.3 Å². The number of benzene rings is 1. The van der Waals surface area contributed by atoms with Crippen molar-refractivity contribution in [3.8, 4) is 22.3 Å². The van der Waals surface area contributed by atoms with Crippen molar-refractivity contribution in [1.82, 2.24) is 20.1 Å². The summed E-state index contributed by atoms with van der Waals surface area (Å²) in [7, 11) is 0. The Hall–Kier alpha value is -2.60. The third-order valence-corrected chi connectivity index (χ3v) is 3.87. The molecule has 0 bridgehead atoms. The summed E-state index contributed by atoms with van der Waals surface area (Å²) in [5, 5.41) is 4.72. The SMILES string of the molecule is c1ccc2sc(-c3nc(-c4ccncc4)no3)nc2c1. The van der Waals surface area contributed by atoms with Gasteiger partial charge in [0.25, 0.3) is 5.89 Å². The van der Waals surface area contributed by atoms with Crippen molar-refractivity contribution in [3.05, 3.63) is 48.8 Å². The zero-order valence-electron chi connectivity index (χ0n) is 10.2. The third-order valence-electron chi connectivity index (χ3n) is 2.84. The lowest BCUT2D eigenvalue weighted by molar-refractivity contribution is 0.432. The molecule has 5 nitrogen and oxygen atoms in total. The van der Waals surface area contributed by atoms with Crippen molar-refractivity contribution in [2.24, 2.45) is 0 Å². The summed E-state index contributed by atoms with van der Waals surface area (Å²) in [5.41, 5.74) is 1.81. The van der Waals surface area contributed by atoms with E-state index in [2.05, 4.69) is 20.1 Å². The van der Waals surface area contributed by atoms with Crippen LogP contribution in [-0.4, -0.2) is 20.1 Å². The lowest BCUT2D eigenvalue weighted by atomic mass is 10.2. The van der Waals surface area contributed by atoms with E-state index in [-0.39, 0.29) is 0 Å². The summed E-state index contributed by atoms with van der Waals surface area (Å²) >= 11 is 1.54. The zero-order valence-corrected chi connectivity index (χ0v) is 11.0. The Morgan fingerprint density at radius 3 is 2.65 bits per heavy atom. The molecular weight excluding hydrogens is 272 g/mol. The number of fused-ring (bicyclic) bond motifs is 1. The molecule has 20 heavy (non-hydrogen) atoms. The molecule has 0 atom stereocenters. The predicted molar refractivity (Wildman–Crippen MR) is 76.1 cm³/mol. The van der Waals surface area contributed by atoms with E-state index in [1.54, 1.807) is 12.4 Å². The maximum absolute atomic E-state index is 5.30. The van der Waals surface area contributed by atoms with Gasteiger partial charge in [0.05, 0.1) is 10.2 Å². The largest absolute Gasteiger partial charge is 0.331 e. The molecule has 4 aromatic rings. The Morgan fingerprint density at radius 1 is 0.950 bits per heavy atom. The molecule has 0 radical (unpaired) electrons. The maximum Gasteiger partial charge on any atom is 0.287 e. The third kappa shape index (κ3) is 1.86. The van der Waals surface area contributed by atoms with E-state index in [0.717, 1.165) is 20.8 Å². The summed E-state index contributed by atoms with van der Waals surface area (Å²) < 4.78 is 6.40. The fourth-order valence-corrected chi connectivity index (χ4v) is 2.78. The molecule has 0 aliphatic carbocycles. The molecule has 3 heterocycles. The van der Waals surface area contributed by atoms with Gasteiger partial charge < -0.3 is 4.52 Å². The Labute approximate surface area is 117 Å². The molecule has 0 saturated heterocycles. The average Bonchev–Trinajstić information content (AvgIpc) is 3.14. The highest BCUT2D eigenvalue weighted by atomic mass is 32.1. The Kier molecular flexibility index (Phi) is 2.53. The number of hydrogen-bond acceptors (Lipinski definition) is 6. The van der Waals surface area contributed by atoms with E-state index in [4.69, 9.17) is 4.52 Å². The van der Waals surface area contributed by atoms with E-state index in [9.17, 15) is 0 Å². The van der Waals surface area contributed by atoms with Gasteiger partial charge in [0.1, 0.15) is 0 Å². The number of nitrogens with zero attached hydrogens (tertiary/aromatic N) is 4. The highest BCUT2D eigenvalue weighted by molar-refractivity contribution is 7.21. The van der Waals surface area contributed by atoms with Gasteiger partial charge in [0, 0.05) is 18.0 Å². The number of rotatable bonds is 2. The summed E-state index contributed by atoms with van der Waals surface area (Å²) in [4.78, 5) is 12.9. The van der Waals surface area contributed by atoms with Gasteiger partial charge in [-0.05, 0) is 24.3 Å². The Morgan fingerprint density at radius 2 is 1.80 bits per heavy atom. The second kappa shape index (κ2) is 4.50. The molecule has 0 aliphatic rings. The predicted octanol–water partition coefficient (Wildman–Crippen LogP) is 3.41. The quantitative estimate of drug-likeness (QED) is 0.563. The van der Waals surface area contributed by atoms with E-state index in [1.807, 2.05) is 36.4 Å². The molecule has 0 unspecified atom stereocenters. The molecule has 6 heteroatoms. The van der Waals surface area contributed by atoms with Gasteiger partial charge in [-0.25, -0.2) is 4.98 Å². The molecule has 0 N–H and O–H groups in total. The first kappa shape index (κ1) is 11.2. The van der Waals surface area contributed by atoms with E-state index < -0.39 is 0 Å². The fraction of sp³-hybridized carbons (Fsp3) is 0. The second-order valence-corrected chi connectivity index (χ2v) is 5.18. The number of pyridine rings is 1. The molecule has 3 aromatic heterocycles. The summed E-state index contributed by atoms with van der Waals surface area (Å²) in [6.45, 7) is 0. The first-order valence-electron chi connectivity index (χ1n) is 6.00. The molecule has 0 aliphatic heterocycles. The molecular formula is C14H8N4OS. The average molecular weight is 280 g/mol. The highest BCUT2D eigenvalue weighted by Gasteiger charge is 2.14. The molecule has 0 spiro atoms. The number of aromatic nitrogens is 4. The normalized spacial score (nSPS) is 11.0. The second-order valence-electron chi connectivity index (χ2n) is 4.15. The number of para-hydroxylation sites is 1. The minimum atomic E-state index is 0.443. The van der Waals surface area contributed by atoms with Crippen molar-refractivity contribution in [1.29, 1.82) is 0 Å². The van der Waals surface area contributed by atoms with Crippen LogP contribution in [0.4, 0.5) is 0 Å². The molecule has 4 rings (SSSR count). The molecule has 0 fully saturated rings. The van der Waals surface area contributed by atoms with Crippen LogP contribution in [0, 0.1) is 0 Å². The smallest absolute Gasteiger partial charge is 0.287 e. The van der Waals surface area contributed by atoms with Crippen LogP contribution in [0.15, 0.2) is 53.3 Å². The lowest BCUT2D eigenvalue weighted by Gasteiger charge is -1.89. The lowest BCUT2D eigenvalue weighted by Crippen LogP contribution is -1.81. The highest BCUT2D eigenvalue weighted by Crippen LogP contribution is 2.29. The van der Waals surface area contributed by atoms with Gasteiger partial charge >= 0.3 is 0 Å². The molecule has 96 valence electrons. The van der Waals surface area contributed by atoms with Crippen LogP contribution in [0.5, 0.6) is 0 Å². The number of hydrogen-bond donors (Lipinski definition) is 0. The molecule has 0 amide bonds. The van der Waals surface area contributed by atoms with Gasteiger partial charge in [-0.2, -0.15) is 4.98 Å². The standard InChI is InChI=1S/C14H8N4OS/c1-2-4-11-10(3-1)16-14(20-11)13-17-12(18-19-13)9-5-7-15-8-6-9/h1-8H. The maximum atomic E-state index is 5.30. The van der Waals surface area contributed by atoms with Crippen LogP contribution in [-0.2, 0) is 0 Å². The summed E-state index contributed by atoms with van der Waals surface area (Å²) in [6, 6.07) is 11.6. The number of thiazole rings is 1. The first-order valence-corrected chi connectivity index (χ1v) is 6.82. The van der Waals surface area contributed by atoms with Crippen LogP contribution in [0.3, 0.4) is 0 Å². The molecule has 1 aromatic carbocycles. The summed E-state index contributed by atoms with van der Waals surface area (Å²) in [6.07, 6.45) is 3.39. The topological polar surface area (TPSA) is 64.7 Å². The van der Waals surface area contributed by atoms with Crippen molar-refractivity contribution in [2.45, 2.75) is 0 Å². The van der Waals surface area contributed by atoms with Gasteiger partial charge in [0.2, 0.25) is 5.82 Å². The Bertz CT molecular complexity index is 836. The minimum absolute atomic E-state index is 0.443. The van der Waals surface area contributed by atoms with E-state index in [1.165, 1.54) is 11.3 Å². The summed E-state index contributed by atoms with van der Waals surface area (Å²) in [5.74, 6) is 0.986. The van der Waals surface area contributed by atoms with Crippen LogP contribution in [0.25, 0.3) is 32.5 Å².